The Bertz CT molecular complexity index is 845. The first kappa shape index (κ1) is 13.9. The van der Waals surface area contributed by atoms with Gasteiger partial charge in [0.1, 0.15) is 11.6 Å². The van der Waals surface area contributed by atoms with Crippen molar-refractivity contribution < 1.29 is 12.8 Å². The Morgan fingerprint density at radius 2 is 2.19 bits per heavy atom. The number of aromatic nitrogens is 2. The molecule has 0 spiro atoms. The van der Waals surface area contributed by atoms with Gasteiger partial charge in [-0.05, 0) is 19.1 Å². The fourth-order valence-electron chi connectivity index (χ4n) is 2.59. The molecule has 0 unspecified atom stereocenters. The Kier molecular flexibility index (Phi) is 2.78. The third-order valence-corrected chi connectivity index (χ3v) is 5.81. The largest absolute Gasteiger partial charge is 0.361 e. The highest BCUT2D eigenvalue weighted by atomic mass is 32.2. The van der Waals surface area contributed by atoms with Crippen molar-refractivity contribution in [2.45, 2.75) is 12.5 Å². The van der Waals surface area contributed by atoms with Crippen LogP contribution in [0.2, 0.25) is 0 Å². The Hall–Kier alpha value is -2.09. The Labute approximate surface area is 121 Å². The van der Waals surface area contributed by atoms with Crippen LogP contribution in [0.3, 0.4) is 0 Å². The van der Waals surface area contributed by atoms with E-state index >= 15 is 0 Å². The van der Waals surface area contributed by atoms with E-state index in [1.165, 1.54) is 19.3 Å². The second-order valence-corrected chi connectivity index (χ2v) is 7.42. The highest BCUT2D eigenvalue weighted by Crippen LogP contribution is 2.33. The van der Waals surface area contributed by atoms with Gasteiger partial charge in [0.05, 0.1) is 23.0 Å². The maximum absolute atomic E-state index is 14.4. The number of benzene rings is 1. The lowest BCUT2D eigenvalue weighted by Gasteiger charge is -2.41. The van der Waals surface area contributed by atoms with Crippen LogP contribution in [0.5, 0.6) is 0 Å². The molecular weight excluding hydrogens is 295 g/mol. The molecule has 0 amide bonds. The molecule has 2 aromatic rings. The molecule has 1 fully saturated rings. The molecule has 2 N–H and O–H groups in total. The molecule has 0 aliphatic carbocycles. The van der Waals surface area contributed by atoms with Gasteiger partial charge in [-0.1, -0.05) is 6.58 Å². The van der Waals surface area contributed by atoms with E-state index < -0.39 is 21.4 Å². The van der Waals surface area contributed by atoms with E-state index in [0.29, 0.717) is 10.9 Å². The molecule has 0 bridgehead atoms. The lowest BCUT2D eigenvalue weighted by molar-refractivity contribution is 0.347. The molecule has 1 aliphatic heterocycles. The number of hydrogen-bond donors (Lipinski definition) is 2. The number of rotatable bonds is 1. The van der Waals surface area contributed by atoms with Gasteiger partial charge in [0.15, 0.2) is 0 Å². The van der Waals surface area contributed by atoms with E-state index in [1.54, 1.807) is 13.0 Å². The molecule has 112 valence electrons. The summed E-state index contributed by atoms with van der Waals surface area (Å²) < 4.78 is 39.8. The zero-order valence-corrected chi connectivity index (χ0v) is 12.5. The molecule has 6 nitrogen and oxygen atoms in total. The summed E-state index contributed by atoms with van der Waals surface area (Å²) in [6.45, 7) is 5.33. The molecule has 1 aromatic carbocycles. The number of H-pyrrole nitrogens is 1. The van der Waals surface area contributed by atoms with Crippen molar-refractivity contribution in [3.05, 3.63) is 42.1 Å². The lowest BCUT2D eigenvalue weighted by Crippen LogP contribution is -2.56. The van der Waals surface area contributed by atoms with Crippen LogP contribution >= 0.6 is 0 Å². The van der Waals surface area contributed by atoms with Crippen molar-refractivity contribution in [3.8, 4) is 0 Å². The monoisotopic (exact) mass is 310 g/mol. The molecule has 0 radical (unpaired) electrons. The Morgan fingerprint density at radius 1 is 1.48 bits per heavy atom. The average molecular weight is 310 g/mol. The predicted octanol–water partition coefficient (Wildman–Crippen LogP) is 1.25. The van der Waals surface area contributed by atoms with E-state index in [2.05, 4.69) is 22.1 Å². The molecule has 3 rings (SSSR count). The van der Waals surface area contributed by atoms with Crippen molar-refractivity contribution in [1.29, 1.82) is 0 Å². The number of nitrogens with one attached hydrogen (secondary N) is 2. The van der Waals surface area contributed by atoms with Crippen molar-refractivity contribution in [2.75, 3.05) is 12.8 Å². The summed E-state index contributed by atoms with van der Waals surface area (Å²) in [6, 6.07) is 2.92. The number of aromatic amines is 1. The topological polar surface area (TPSA) is 78.1 Å². The van der Waals surface area contributed by atoms with Gasteiger partial charge in [-0.3, -0.25) is 9.40 Å². The van der Waals surface area contributed by atoms with Crippen molar-refractivity contribution in [2.24, 2.45) is 0 Å². The standard InChI is InChI=1S/C13H15FN4O2S/c1-8-16-13(2,7-21(19,20)18(8)3)10-5-12-9(4-11(10)14)6-15-17-12/h4-6,16H,1,7H2,2-3H3,(H,15,17)/t13-/m0/s1. The second-order valence-electron chi connectivity index (χ2n) is 5.42. The van der Waals surface area contributed by atoms with E-state index in [0.717, 1.165) is 4.31 Å². The smallest absolute Gasteiger partial charge is 0.238 e. The lowest BCUT2D eigenvalue weighted by atomic mass is 9.92. The number of hydrogen-bond acceptors (Lipinski definition) is 4. The van der Waals surface area contributed by atoms with Gasteiger partial charge >= 0.3 is 0 Å². The number of sulfonamides is 1. The van der Waals surface area contributed by atoms with Crippen LogP contribution in [0, 0.1) is 5.82 Å². The summed E-state index contributed by atoms with van der Waals surface area (Å²) in [4.78, 5) is 0. The summed E-state index contributed by atoms with van der Waals surface area (Å²) in [5.74, 6) is -0.522. The number of nitrogens with zero attached hydrogens (tertiary/aromatic N) is 2. The fourth-order valence-corrected chi connectivity index (χ4v) is 4.13. The molecule has 0 saturated carbocycles. The highest BCUT2D eigenvalue weighted by molar-refractivity contribution is 7.89. The highest BCUT2D eigenvalue weighted by Gasteiger charge is 2.42. The first-order valence-electron chi connectivity index (χ1n) is 6.30. The van der Waals surface area contributed by atoms with Crippen molar-refractivity contribution >= 4 is 20.9 Å². The van der Waals surface area contributed by atoms with Gasteiger partial charge in [0, 0.05) is 18.0 Å². The predicted molar refractivity (Wildman–Crippen MR) is 77.2 cm³/mol. The van der Waals surface area contributed by atoms with Gasteiger partial charge in [-0.25, -0.2) is 12.8 Å². The molecule has 1 saturated heterocycles. The number of halogens is 1. The van der Waals surface area contributed by atoms with Crippen LogP contribution in [-0.2, 0) is 15.6 Å². The van der Waals surface area contributed by atoms with Gasteiger partial charge in [-0.15, -0.1) is 0 Å². The molecule has 1 atom stereocenters. The van der Waals surface area contributed by atoms with Crippen LogP contribution in [0.1, 0.15) is 12.5 Å². The minimum Gasteiger partial charge on any atom is -0.361 e. The van der Waals surface area contributed by atoms with Gasteiger partial charge in [0.2, 0.25) is 10.0 Å². The zero-order chi connectivity index (χ0) is 15.4. The maximum Gasteiger partial charge on any atom is 0.238 e. The van der Waals surface area contributed by atoms with E-state index in [-0.39, 0.29) is 17.1 Å². The molecule has 1 aromatic heterocycles. The second kappa shape index (κ2) is 4.20. The fraction of sp³-hybridized carbons (Fsp3) is 0.308. The average Bonchev–Trinajstić information content (AvgIpc) is 2.81. The zero-order valence-electron chi connectivity index (χ0n) is 11.6. The Morgan fingerprint density at radius 3 is 2.86 bits per heavy atom. The summed E-state index contributed by atoms with van der Waals surface area (Å²) in [5.41, 5.74) is -0.181. The molecule has 2 heterocycles. The molecule has 8 heteroatoms. The first-order valence-corrected chi connectivity index (χ1v) is 7.91. The minimum absolute atomic E-state index is 0.216. The van der Waals surface area contributed by atoms with Gasteiger partial charge in [0.25, 0.3) is 0 Å². The van der Waals surface area contributed by atoms with Crippen LogP contribution in [0.15, 0.2) is 30.7 Å². The summed E-state index contributed by atoms with van der Waals surface area (Å²) in [7, 11) is -2.13. The summed E-state index contributed by atoms with van der Waals surface area (Å²) >= 11 is 0. The Balaban J connectivity index is 2.16. The third-order valence-electron chi connectivity index (χ3n) is 3.81. The normalized spacial score (nSPS) is 25.1. The summed E-state index contributed by atoms with van der Waals surface area (Å²) in [6.07, 6.45) is 1.52. The van der Waals surface area contributed by atoms with E-state index in [4.69, 9.17) is 0 Å². The van der Waals surface area contributed by atoms with Gasteiger partial charge in [-0.2, -0.15) is 5.10 Å². The first-order chi connectivity index (χ1) is 9.73. The molecular formula is C13H15FN4O2S. The van der Waals surface area contributed by atoms with Crippen LogP contribution < -0.4 is 5.32 Å². The van der Waals surface area contributed by atoms with Crippen molar-refractivity contribution in [1.82, 2.24) is 19.8 Å². The maximum atomic E-state index is 14.4. The van der Waals surface area contributed by atoms with Crippen LogP contribution in [0.25, 0.3) is 10.9 Å². The molecule has 1 aliphatic rings. The van der Waals surface area contributed by atoms with Gasteiger partial charge < -0.3 is 5.32 Å². The third kappa shape index (κ3) is 2.06. The van der Waals surface area contributed by atoms with E-state index in [1.807, 2.05) is 0 Å². The quantitative estimate of drug-likeness (QED) is 0.831. The van der Waals surface area contributed by atoms with Crippen LogP contribution in [0.4, 0.5) is 4.39 Å². The number of fused-ring (bicyclic) bond motifs is 1. The summed E-state index contributed by atoms with van der Waals surface area (Å²) in [5, 5.41) is 10.2. The molecule has 21 heavy (non-hydrogen) atoms. The van der Waals surface area contributed by atoms with Crippen molar-refractivity contribution in [3.63, 3.8) is 0 Å². The van der Waals surface area contributed by atoms with E-state index in [9.17, 15) is 12.8 Å². The SMILES string of the molecule is C=C1N[C@](C)(c2cc3[nH]ncc3cc2F)CS(=O)(=O)N1C. The van der Waals surface area contributed by atoms with Crippen LogP contribution in [-0.4, -0.2) is 35.7 Å². The minimum atomic E-state index is -3.54.